The van der Waals surface area contributed by atoms with Gasteiger partial charge in [0.1, 0.15) is 0 Å². The lowest BCUT2D eigenvalue weighted by molar-refractivity contribution is 0.0955. The van der Waals surface area contributed by atoms with Gasteiger partial charge in [-0.3, -0.25) is 4.79 Å². The predicted molar refractivity (Wildman–Crippen MR) is 102 cm³/mol. The molecular weight excluding hydrogens is 345 g/mol. The lowest BCUT2D eigenvalue weighted by Gasteiger charge is -2.22. The molecular formula is C18H19Cl2N3O. The smallest absolute Gasteiger partial charge is 0.271 e. The second-order valence-corrected chi connectivity index (χ2v) is 5.78. The van der Waals surface area contributed by atoms with Crippen LogP contribution in [0.1, 0.15) is 15.9 Å². The number of anilines is 1. The minimum atomic E-state index is -0.237. The first-order valence-corrected chi connectivity index (χ1v) is 8.67. The second kappa shape index (κ2) is 9.96. The highest BCUT2D eigenvalue weighted by molar-refractivity contribution is 6.18. The van der Waals surface area contributed by atoms with Crippen molar-refractivity contribution < 1.29 is 4.79 Å². The first-order chi connectivity index (χ1) is 11.7. The number of amides is 1. The number of rotatable bonds is 8. The summed E-state index contributed by atoms with van der Waals surface area (Å²) in [6.07, 6.45) is 1.61. The molecule has 0 unspecified atom stereocenters. The molecule has 6 heteroatoms. The number of hydrazone groups is 1. The molecule has 0 atom stereocenters. The molecule has 126 valence electrons. The summed E-state index contributed by atoms with van der Waals surface area (Å²) in [4.78, 5) is 14.0. The summed E-state index contributed by atoms with van der Waals surface area (Å²) >= 11 is 11.6. The van der Waals surface area contributed by atoms with Crippen LogP contribution in [0.5, 0.6) is 0 Å². The maximum Gasteiger partial charge on any atom is 0.271 e. The van der Waals surface area contributed by atoms with Crippen LogP contribution in [0, 0.1) is 0 Å². The summed E-state index contributed by atoms with van der Waals surface area (Å²) in [5.41, 5.74) is 5.03. The molecule has 0 bridgehead atoms. The average molecular weight is 364 g/mol. The van der Waals surface area contributed by atoms with Crippen molar-refractivity contribution in [2.24, 2.45) is 5.10 Å². The molecule has 1 N–H and O–H groups in total. The highest BCUT2D eigenvalue weighted by Crippen LogP contribution is 2.15. The van der Waals surface area contributed by atoms with Gasteiger partial charge in [0.25, 0.3) is 5.91 Å². The van der Waals surface area contributed by atoms with E-state index >= 15 is 0 Å². The molecule has 2 aromatic rings. The highest BCUT2D eigenvalue weighted by atomic mass is 35.5. The van der Waals surface area contributed by atoms with Crippen LogP contribution in [-0.2, 0) is 0 Å². The van der Waals surface area contributed by atoms with Crippen molar-refractivity contribution in [1.29, 1.82) is 0 Å². The minimum Gasteiger partial charge on any atom is -0.369 e. The zero-order valence-electron chi connectivity index (χ0n) is 13.2. The van der Waals surface area contributed by atoms with Crippen molar-refractivity contribution in [2.75, 3.05) is 29.7 Å². The van der Waals surface area contributed by atoms with Gasteiger partial charge in [-0.15, -0.1) is 23.2 Å². The summed E-state index contributed by atoms with van der Waals surface area (Å²) in [5, 5.41) is 3.98. The third-order valence-corrected chi connectivity index (χ3v) is 3.72. The van der Waals surface area contributed by atoms with E-state index in [0.717, 1.165) is 24.3 Å². The molecule has 0 saturated heterocycles. The monoisotopic (exact) mass is 363 g/mol. The van der Waals surface area contributed by atoms with Gasteiger partial charge in [-0.25, -0.2) is 5.43 Å². The Morgan fingerprint density at radius 2 is 1.62 bits per heavy atom. The van der Waals surface area contributed by atoms with E-state index in [0.29, 0.717) is 17.3 Å². The topological polar surface area (TPSA) is 44.7 Å². The van der Waals surface area contributed by atoms with Gasteiger partial charge in [0.05, 0.1) is 6.21 Å². The number of nitrogens with one attached hydrogen (secondary N) is 1. The van der Waals surface area contributed by atoms with Gasteiger partial charge in [0.2, 0.25) is 0 Å². The van der Waals surface area contributed by atoms with Gasteiger partial charge in [0, 0.05) is 36.1 Å². The van der Waals surface area contributed by atoms with Crippen molar-refractivity contribution in [1.82, 2.24) is 5.43 Å². The standard InChI is InChI=1S/C18H19Cl2N3O/c19-10-12-23(13-11-20)17-8-6-15(7-9-17)14-21-22-18(24)16-4-2-1-3-5-16/h1-9,14H,10-13H2,(H,22,24)/b21-14-. The molecule has 2 rings (SSSR count). The number of benzene rings is 2. The fourth-order valence-corrected chi connectivity index (χ4v) is 2.57. The largest absolute Gasteiger partial charge is 0.369 e. The van der Waals surface area contributed by atoms with Crippen molar-refractivity contribution in [3.05, 3.63) is 65.7 Å². The van der Waals surface area contributed by atoms with E-state index < -0.39 is 0 Å². The molecule has 0 fully saturated rings. The zero-order chi connectivity index (χ0) is 17.2. The molecule has 0 aliphatic rings. The molecule has 0 saturated carbocycles. The molecule has 0 spiro atoms. The van der Waals surface area contributed by atoms with Gasteiger partial charge in [-0.2, -0.15) is 5.10 Å². The van der Waals surface area contributed by atoms with Crippen molar-refractivity contribution in [3.8, 4) is 0 Å². The van der Waals surface area contributed by atoms with Gasteiger partial charge >= 0.3 is 0 Å². The van der Waals surface area contributed by atoms with Crippen LogP contribution in [-0.4, -0.2) is 37.0 Å². The predicted octanol–water partition coefficient (Wildman–Crippen LogP) is 3.73. The Morgan fingerprint density at radius 3 is 2.21 bits per heavy atom. The van der Waals surface area contributed by atoms with Crippen LogP contribution < -0.4 is 10.3 Å². The number of alkyl halides is 2. The van der Waals surface area contributed by atoms with Crippen LogP contribution in [0.15, 0.2) is 59.7 Å². The van der Waals surface area contributed by atoms with E-state index in [-0.39, 0.29) is 5.91 Å². The van der Waals surface area contributed by atoms with E-state index in [9.17, 15) is 4.79 Å². The Kier molecular flexibility index (Phi) is 7.59. The average Bonchev–Trinajstić information content (AvgIpc) is 2.63. The Morgan fingerprint density at radius 1 is 1.00 bits per heavy atom. The number of halogens is 2. The summed E-state index contributed by atoms with van der Waals surface area (Å²) < 4.78 is 0. The van der Waals surface area contributed by atoms with Crippen LogP contribution in [0.4, 0.5) is 5.69 Å². The lowest BCUT2D eigenvalue weighted by atomic mass is 10.2. The SMILES string of the molecule is O=C(N/N=C\c1ccc(N(CCCl)CCCl)cc1)c1ccccc1. The third-order valence-electron chi connectivity index (χ3n) is 3.38. The van der Waals surface area contributed by atoms with Crippen molar-refractivity contribution in [3.63, 3.8) is 0 Å². The normalized spacial score (nSPS) is 10.8. The molecule has 0 aliphatic heterocycles. The van der Waals surface area contributed by atoms with Crippen molar-refractivity contribution in [2.45, 2.75) is 0 Å². The molecule has 0 aromatic heterocycles. The summed E-state index contributed by atoms with van der Waals surface area (Å²) in [5.74, 6) is 0.857. The molecule has 0 heterocycles. The Hall–Kier alpha value is -2.04. The van der Waals surface area contributed by atoms with E-state index in [1.807, 2.05) is 42.5 Å². The summed E-state index contributed by atoms with van der Waals surface area (Å²) in [6.45, 7) is 1.49. The maximum absolute atomic E-state index is 11.9. The summed E-state index contributed by atoms with van der Waals surface area (Å²) in [6, 6.07) is 16.8. The van der Waals surface area contributed by atoms with Crippen LogP contribution in [0.3, 0.4) is 0 Å². The number of nitrogens with zero attached hydrogens (tertiary/aromatic N) is 2. The first-order valence-electron chi connectivity index (χ1n) is 7.60. The van der Waals surface area contributed by atoms with Gasteiger partial charge in [-0.1, -0.05) is 30.3 Å². The number of carbonyl (C=O) groups is 1. The second-order valence-electron chi connectivity index (χ2n) is 5.02. The molecule has 0 radical (unpaired) electrons. The van der Waals surface area contributed by atoms with E-state index in [1.165, 1.54) is 0 Å². The van der Waals surface area contributed by atoms with E-state index in [4.69, 9.17) is 23.2 Å². The third kappa shape index (κ3) is 5.55. The maximum atomic E-state index is 11.9. The first kappa shape index (κ1) is 18.3. The lowest BCUT2D eigenvalue weighted by Crippen LogP contribution is -2.27. The molecule has 0 aliphatic carbocycles. The summed E-state index contributed by atoms with van der Waals surface area (Å²) in [7, 11) is 0. The Bertz CT molecular complexity index is 654. The number of carbonyl (C=O) groups excluding carboxylic acids is 1. The fourth-order valence-electron chi connectivity index (χ4n) is 2.16. The Balaban J connectivity index is 1.94. The van der Waals surface area contributed by atoms with Crippen molar-refractivity contribution >= 4 is 41.0 Å². The fraction of sp³-hybridized carbons (Fsp3) is 0.222. The molecule has 24 heavy (non-hydrogen) atoms. The van der Waals surface area contributed by atoms with Gasteiger partial charge < -0.3 is 4.90 Å². The van der Waals surface area contributed by atoms with E-state index in [1.54, 1.807) is 18.3 Å². The highest BCUT2D eigenvalue weighted by Gasteiger charge is 2.05. The van der Waals surface area contributed by atoms with Crippen LogP contribution in [0.25, 0.3) is 0 Å². The van der Waals surface area contributed by atoms with E-state index in [2.05, 4.69) is 15.4 Å². The zero-order valence-corrected chi connectivity index (χ0v) is 14.7. The van der Waals surface area contributed by atoms with Gasteiger partial charge in [0.15, 0.2) is 0 Å². The quantitative estimate of drug-likeness (QED) is 0.441. The molecule has 4 nitrogen and oxygen atoms in total. The molecule has 1 amide bonds. The number of hydrogen-bond donors (Lipinski definition) is 1. The number of hydrogen-bond acceptors (Lipinski definition) is 3. The van der Waals surface area contributed by atoms with Crippen LogP contribution >= 0.6 is 23.2 Å². The van der Waals surface area contributed by atoms with Gasteiger partial charge in [-0.05, 0) is 29.8 Å². The minimum absolute atomic E-state index is 0.237. The molecule has 2 aromatic carbocycles. The Labute approximate surface area is 152 Å². The van der Waals surface area contributed by atoms with Crippen LogP contribution in [0.2, 0.25) is 0 Å².